The molecular formula is C19H21F4N3O. The number of alkyl halides is 3. The second-order valence-electron chi connectivity index (χ2n) is 6.27. The molecule has 1 atom stereocenters. The minimum Gasteiger partial charge on any atom is -0.376 e. The SMILES string of the molecule is CN(C)C(CNC(=O)CNc1cccc(C(F)(F)F)c1)c1ccc(F)cc1. The van der Waals surface area contributed by atoms with Gasteiger partial charge in [0.2, 0.25) is 5.91 Å². The Bertz CT molecular complexity index is 760. The fourth-order valence-electron chi connectivity index (χ4n) is 2.54. The maximum Gasteiger partial charge on any atom is 0.416 e. The Morgan fingerprint density at radius 1 is 1.11 bits per heavy atom. The first-order valence-corrected chi connectivity index (χ1v) is 8.26. The summed E-state index contributed by atoms with van der Waals surface area (Å²) in [5.74, 6) is -0.702. The monoisotopic (exact) mass is 383 g/mol. The molecule has 0 bridgehead atoms. The smallest absolute Gasteiger partial charge is 0.376 e. The van der Waals surface area contributed by atoms with E-state index >= 15 is 0 Å². The zero-order valence-electron chi connectivity index (χ0n) is 15.0. The van der Waals surface area contributed by atoms with Crippen LogP contribution in [-0.4, -0.2) is 38.0 Å². The first-order valence-electron chi connectivity index (χ1n) is 8.26. The molecule has 2 aromatic rings. The average molecular weight is 383 g/mol. The number of hydrogen-bond donors (Lipinski definition) is 2. The quantitative estimate of drug-likeness (QED) is 0.717. The van der Waals surface area contributed by atoms with Gasteiger partial charge < -0.3 is 15.5 Å². The van der Waals surface area contributed by atoms with E-state index in [0.717, 1.165) is 17.7 Å². The number of amides is 1. The van der Waals surface area contributed by atoms with Crippen molar-refractivity contribution in [2.24, 2.45) is 0 Å². The summed E-state index contributed by atoms with van der Waals surface area (Å²) in [5, 5.41) is 5.42. The number of benzene rings is 2. The topological polar surface area (TPSA) is 44.4 Å². The largest absolute Gasteiger partial charge is 0.416 e. The molecule has 0 radical (unpaired) electrons. The minimum atomic E-state index is -4.44. The molecule has 2 aromatic carbocycles. The Balaban J connectivity index is 1.90. The molecule has 1 amide bonds. The first-order chi connectivity index (χ1) is 12.7. The number of likely N-dealkylation sites (N-methyl/N-ethyl adjacent to an activating group) is 1. The average Bonchev–Trinajstić information content (AvgIpc) is 2.61. The van der Waals surface area contributed by atoms with Crippen molar-refractivity contribution in [3.8, 4) is 0 Å². The van der Waals surface area contributed by atoms with Gasteiger partial charge >= 0.3 is 6.18 Å². The number of nitrogens with one attached hydrogen (secondary N) is 2. The highest BCUT2D eigenvalue weighted by Gasteiger charge is 2.30. The summed E-state index contributed by atoms with van der Waals surface area (Å²) in [6.07, 6.45) is -4.44. The fraction of sp³-hybridized carbons (Fsp3) is 0.316. The molecule has 0 spiro atoms. The molecule has 0 aliphatic heterocycles. The van der Waals surface area contributed by atoms with Gasteiger partial charge in [-0.1, -0.05) is 18.2 Å². The van der Waals surface area contributed by atoms with E-state index in [2.05, 4.69) is 10.6 Å². The van der Waals surface area contributed by atoms with Crippen molar-refractivity contribution in [3.05, 3.63) is 65.5 Å². The van der Waals surface area contributed by atoms with Gasteiger partial charge in [0.1, 0.15) is 5.82 Å². The maximum absolute atomic E-state index is 13.1. The number of halogens is 4. The molecule has 0 saturated carbocycles. The van der Waals surface area contributed by atoms with E-state index < -0.39 is 11.7 Å². The summed E-state index contributed by atoms with van der Waals surface area (Å²) in [5.41, 5.74) is 0.270. The second kappa shape index (κ2) is 8.85. The Hall–Kier alpha value is -2.61. The first kappa shape index (κ1) is 20.7. The van der Waals surface area contributed by atoms with Crippen molar-refractivity contribution in [1.82, 2.24) is 10.2 Å². The van der Waals surface area contributed by atoms with Crippen molar-refractivity contribution in [2.75, 3.05) is 32.5 Å². The number of anilines is 1. The third kappa shape index (κ3) is 6.25. The van der Waals surface area contributed by atoms with Gasteiger partial charge in [-0.25, -0.2) is 4.39 Å². The Morgan fingerprint density at radius 2 is 1.78 bits per heavy atom. The van der Waals surface area contributed by atoms with Gasteiger partial charge in [-0.2, -0.15) is 13.2 Å². The van der Waals surface area contributed by atoms with E-state index in [-0.39, 0.29) is 36.5 Å². The van der Waals surface area contributed by atoms with Crippen LogP contribution in [0.15, 0.2) is 48.5 Å². The van der Waals surface area contributed by atoms with Crippen LogP contribution in [0.25, 0.3) is 0 Å². The fourth-order valence-corrected chi connectivity index (χ4v) is 2.54. The van der Waals surface area contributed by atoms with Crippen LogP contribution < -0.4 is 10.6 Å². The number of nitrogens with zero attached hydrogens (tertiary/aromatic N) is 1. The Labute approximate surface area is 155 Å². The van der Waals surface area contributed by atoms with Crippen LogP contribution in [0, 0.1) is 5.82 Å². The lowest BCUT2D eigenvalue weighted by molar-refractivity contribution is -0.137. The number of carbonyl (C=O) groups is 1. The zero-order chi connectivity index (χ0) is 20.0. The van der Waals surface area contributed by atoms with Gasteiger partial charge in [-0.15, -0.1) is 0 Å². The highest BCUT2D eigenvalue weighted by Crippen LogP contribution is 2.30. The summed E-state index contributed by atoms with van der Waals surface area (Å²) in [6.45, 7) is 0.118. The van der Waals surface area contributed by atoms with E-state index in [0.29, 0.717) is 0 Å². The van der Waals surface area contributed by atoms with Crippen LogP contribution in [0.3, 0.4) is 0 Å². The minimum absolute atomic E-state index is 0.162. The van der Waals surface area contributed by atoms with Crippen LogP contribution in [0.5, 0.6) is 0 Å². The normalized spacial score (nSPS) is 12.7. The predicted octanol–water partition coefficient (Wildman–Crippen LogP) is 3.68. The van der Waals surface area contributed by atoms with Gasteiger partial charge in [0.05, 0.1) is 18.2 Å². The van der Waals surface area contributed by atoms with Crippen LogP contribution in [0.4, 0.5) is 23.2 Å². The standard InChI is InChI=1S/C19H21F4N3O/c1-26(2)17(13-6-8-15(20)9-7-13)11-25-18(27)12-24-16-5-3-4-14(10-16)19(21,22)23/h3-10,17,24H,11-12H2,1-2H3,(H,25,27). The van der Waals surface area contributed by atoms with Gasteiger partial charge in [0.15, 0.2) is 0 Å². The third-order valence-electron chi connectivity index (χ3n) is 4.01. The highest BCUT2D eigenvalue weighted by molar-refractivity contribution is 5.80. The maximum atomic E-state index is 13.1. The van der Waals surface area contributed by atoms with E-state index in [1.54, 1.807) is 12.1 Å². The highest BCUT2D eigenvalue weighted by atomic mass is 19.4. The van der Waals surface area contributed by atoms with Crippen molar-refractivity contribution in [1.29, 1.82) is 0 Å². The summed E-state index contributed by atoms with van der Waals surface area (Å²) in [6, 6.07) is 10.5. The van der Waals surface area contributed by atoms with Crippen LogP contribution in [0.1, 0.15) is 17.2 Å². The van der Waals surface area contributed by atoms with Gasteiger partial charge in [0, 0.05) is 12.2 Å². The Morgan fingerprint density at radius 3 is 2.37 bits per heavy atom. The summed E-state index contributed by atoms with van der Waals surface area (Å²) in [7, 11) is 3.67. The molecule has 0 aromatic heterocycles. The lowest BCUT2D eigenvalue weighted by Crippen LogP contribution is -2.37. The van der Waals surface area contributed by atoms with E-state index in [1.165, 1.54) is 24.3 Å². The molecule has 146 valence electrons. The summed E-state index contributed by atoms with van der Waals surface area (Å²) < 4.78 is 51.2. The molecule has 8 heteroatoms. The molecular weight excluding hydrogens is 362 g/mol. The third-order valence-corrected chi connectivity index (χ3v) is 4.01. The van der Waals surface area contributed by atoms with E-state index in [1.807, 2.05) is 19.0 Å². The van der Waals surface area contributed by atoms with Gasteiger partial charge in [-0.3, -0.25) is 4.79 Å². The summed E-state index contributed by atoms with van der Waals surface area (Å²) in [4.78, 5) is 13.9. The number of carbonyl (C=O) groups excluding carboxylic acids is 1. The molecule has 2 rings (SSSR count). The lowest BCUT2D eigenvalue weighted by Gasteiger charge is -2.25. The molecule has 0 aliphatic carbocycles. The molecule has 0 saturated heterocycles. The number of rotatable bonds is 7. The van der Waals surface area contributed by atoms with Gasteiger partial charge in [-0.05, 0) is 50.0 Å². The number of hydrogen-bond acceptors (Lipinski definition) is 3. The molecule has 0 aliphatic rings. The Kier molecular flexibility index (Phi) is 6.79. The van der Waals surface area contributed by atoms with Gasteiger partial charge in [0.25, 0.3) is 0 Å². The summed E-state index contributed by atoms with van der Waals surface area (Å²) >= 11 is 0. The lowest BCUT2D eigenvalue weighted by atomic mass is 10.1. The second-order valence-corrected chi connectivity index (χ2v) is 6.27. The van der Waals surface area contributed by atoms with Crippen LogP contribution >= 0.6 is 0 Å². The van der Waals surface area contributed by atoms with E-state index in [9.17, 15) is 22.4 Å². The van der Waals surface area contributed by atoms with Crippen molar-refractivity contribution in [3.63, 3.8) is 0 Å². The van der Waals surface area contributed by atoms with Crippen molar-refractivity contribution < 1.29 is 22.4 Å². The molecule has 4 nitrogen and oxygen atoms in total. The van der Waals surface area contributed by atoms with Crippen molar-refractivity contribution >= 4 is 11.6 Å². The van der Waals surface area contributed by atoms with Crippen molar-refractivity contribution in [2.45, 2.75) is 12.2 Å². The molecule has 27 heavy (non-hydrogen) atoms. The van der Waals surface area contributed by atoms with E-state index in [4.69, 9.17) is 0 Å². The molecule has 2 N–H and O–H groups in total. The van der Waals surface area contributed by atoms with Crippen LogP contribution in [-0.2, 0) is 11.0 Å². The molecule has 0 fully saturated rings. The van der Waals surface area contributed by atoms with Crippen LogP contribution in [0.2, 0.25) is 0 Å². The predicted molar refractivity (Wildman–Crippen MR) is 95.8 cm³/mol. The zero-order valence-corrected chi connectivity index (χ0v) is 15.0. The molecule has 0 heterocycles. The molecule has 1 unspecified atom stereocenters.